The Bertz CT molecular complexity index is 1060. The van der Waals surface area contributed by atoms with Crippen LogP contribution in [0.4, 0.5) is 15.8 Å². The van der Waals surface area contributed by atoms with E-state index in [0.717, 1.165) is 6.07 Å². The summed E-state index contributed by atoms with van der Waals surface area (Å²) >= 11 is 0. The van der Waals surface area contributed by atoms with E-state index in [1.54, 1.807) is 24.3 Å². The molecule has 0 bridgehead atoms. The fourth-order valence-corrected chi connectivity index (χ4v) is 2.46. The van der Waals surface area contributed by atoms with E-state index >= 15 is 0 Å². The van der Waals surface area contributed by atoms with Crippen LogP contribution in [0.25, 0.3) is 10.9 Å². The van der Waals surface area contributed by atoms with Crippen molar-refractivity contribution in [1.29, 1.82) is 0 Å². The van der Waals surface area contributed by atoms with Crippen molar-refractivity contribution >= 4 is 34.1 Å². The molecule has 0 atom stereocenters. The largest absolute Gasteiger partial charge is 0.324 e. The SMILES string of the molecule is CC(=O)Nc1cc(NC(=O)Cn2cnc3ccccc3c2=O)ccc1F. The third kappa shape index (κ3) is 3.75. The molecule has 26 heavy (non-hydrogen) atoms. The van der Waals surface area contributed by atoms with Crippen LogP contribution in [0.5, 0.6) is 0 Å². The maximum atomic E-state index is 13.6. The number of hydrogen-bond acceptors (Lipinski definition) is 4. The minimum Gasteiger partial charge on any atom is -0.324 e. The Labute approximate surface area is 147 Å². The summed E-state index contributed by atoms with van der Waals surface area (Å²) in [6.45, 7) is 1.01. The van der Waals surface area contributed by atoms with Crippen LogP contribution < -0.4 is 16.2 Å². The molecule has 0 radical (unpaired) electrons. The van der Waals surface area contributed by atoms with Gasteiger partial charge in [0.2, 0.25) is 11.8 Å². The second-order valence-corrected chi connectivity index (χ2v) is 5.62. The fourth-order valence-electron chi connectivity index (χ4n) is 2.46. The van der Waals surface area contributed by atoms with Gasteiger partial charge < -0.3 is 10.6 Å². The first-order chi connectivity index (χ1) is 12.4. The molecular formula is C18H15FN4O3. The molecule has 0 aliphatic rings. The molecule has 0 saturated heterocycles. The second-order valence-electron chi connectivity index (χ2n) is 5.62. The maximum absolute atomic E-state index is 13.6. The number of benzene rings is 2. The Morgan fingerprint density at radius 1 is 1.15 bits per heavy atom. The Kier molecular flexibility index (Phi) is 4.74. The molecule has 2 amide bonds. The molecule has 3 rings (SSSR count). The van der Waals surface area contributed by atoms with E-state index in [1.807, 2.05) is 0 Å². The zero-order valence-electron chi connectivity index (χ0n) is 13.8. The van der Waals surface area contributed by atoms with Gasteiger partial charge in [-0.1, -0.05) is 12.1 Å². The van der Waals surface area contributed by atoms with Crippen molar-refractivity contribution in [2.24, 2.45) is 0 Å². The summed E-state index contributed by atoms with van der Waals surface area (Å²) in [7, 11) is 0. The highest BCUT2D eigenvalue weighted by atomic mass is 19.1. The van der Waals surface area contributed by atoms with Gasteiger partial charge in [-0.15, -0.1) is 0 Å². The van der Waals surface area contributed by atoms with Gasteiger partial charge in [0.1, 0.15) is 12.4 Å². The Morgan fingerprint density at radius 2 is 1.92 bits per heavy atom. The van der Waals surface area contributed by atoms with E-state index in [1.165, 1.54) is 30.0 Å². The first kappa shape index (κ1) is 17.3. The number of anilines is 2. The van der Waals surface area contributed by atoms with Crippen LogP contribution in [-0.4, -0.2) is 21.4 Å². The van der Waals surface area contributed by atoms with Gasteiger partial charge in [0.15, 0.2) is 0 Å². The maximum Gasteiger partial charge on any atom is 0.261 e. The van der Waals surface area contributed by atoms with Crippen molar-refractivity contribution in [2.75, 3.05) is 10.6 Å². The van der Waals surface area contributed by atoms with Crippen LogP contribution in [0, 0.1) is 5.82 Å². The minimum absolute atomic E-state index is 0.0418. The summed E-state index contributed by atoms with van der Waals surface area (Å²) in [4.78, 5) is 39.8. The van der Waals surface area contributed by atoms with Gasteiger partial charge in [-0.2, -0.15) is 0 Å². The number of para-hydroxylation sites is 1. The van der Waals surface area contributed by atoms with Gasteiger partial charge in [0.05, 0.1) is 22.9 Å². The third-order valence-corrected chi connectivity index (χ3v) is 3.61. The molecular weight excluding hydrogens is 339 g/mol. The summed E-state index contributed by atoms with van der Waals surface area (Å²) in [5.41, 5.74) is 0.471. The second kappa shape index (κ2) is 7.14. The van der Waals surface area contributed by atoms with E-state index in [0.29, 0.717) is 16.6 Å². The smallest absolute Gasteiger partial charge is 0.261 e. The molecule has 2 aromatic carbocycles. The standard InChI is InChI=1S/C18H15FN4O3/c1-11(24)21-16-8-12(6-7-14(16)19)22-17(25)9-23-10-20-15-5-3-2-4-13(15)18(23)26/h2-8,10H,9H2,1H3,(H,21,24)(H,22,25). The number of rotatable bonds is 4. The van der Waals surface area contributed by atoms with Crippen LogP contribution in [-0.2, 0) is 16.1 Å². The molecule has 132 valence electrons. The number of halogens is 1. The van der Waals surface area contributed by atoms with E-state index in [-0.39, 0.29) is 17.8 Å². The number of carbonyl (C=O) groups excluding carboxylic acids is 2. The molecule has 0 fully saturated rings. The van der Waals surface area contributed by atoms with Gasteiger partial charge in [0, 0.05) is 12.6 Å². The van der Waals surface area contributed by atoms with Gasteiger partial charge in [-0.05, 0) is 30.3 Å². The number of aromatic nitrogens is 2. The minimum atomic E-state index is -0.617. The summed E-state index contributed by atoms with van der Waals surface area (Å²) in [6, 6.07) is 10.6. The number of hydrogen-bond donors (Lipinski definition) is 2. The summed E-state index contributed by atoms with van der Waals surface area (Å²) in [5.74, 6) is -1.53. The number of nitrogens with one attached hydrogen (secondary N) is 2. The molecule has 7 nitrogen and oxygen atoms in total. The quantitative estimate of drug-likeness (QED) is 0.751. The lowest BCUT2D eigenvalue weighted by Gasteiger charge is -2.10. The molecule has 0 spiro atoms. The highest BCUT2D eigenvalue weighted by Gasteiger charge is 2.10. The number of fused-ring (bicyclic) bond motifs is 1. The molecule has 1 heterocycles. The Morgan fingerprint density at radius 3 is 2.69 bits per heavy atom. The van der Waals surface area contributed by atoms with Crippen LogP contribution in [0.2, 0.25) is 0 Å². The van der Waals surface area contributed by atoms with E-state index < -0.39 is 17.6 Å². The van der Waals surface area contributed by atoms with Crippen LogP contribution in [0.15, 0.2) is 53.6 Å². The summed E-state index contributed by atoms with van der Waals surface area (Å²) in [5, 5.41) is 5.31. The van der Waals surface area contributed by atoms with Gasteiger partial charge >= 0.3 is 0 Å². The van der Waals surface area contributed by atoms with Crippen LogP contribution in [0.1, 0.15) is 6.92 Å². The van der Waals surface area contributed by atoms with Crippen molar-refractivity contribution in [2.45, 2.75) is 13.5 Å². The summed E-state index contributed by atoms with van der Waals surface area (Å²) in [6.07, 6.45) is 1.30. The van der Waals surface area contributed by atoms with Crippen LogP contribution >= 0.6 is 0 Å². The predicted molar refractivity (Wildman–Crippen MR) is 95.3 cm³/mol. The first-order valence-electron chi connectivity index (χ1n) is 7.75. The lowest BCUT2D eigenvalue weighted by atomic mass is 10.2. The lowest BCUT2D eigenvalue weighted by Crippen LogP contribution is -2.27. The summed E-state index contributed by atoms with van der Waals surface area (Å²) < 4.78 is 14.8. The number of amides is 2. The van der Waals surface area contributed by atoms with E-state index in [4.69, 9.17) is 0 Å². The fraction of sp³-hybridized carbons (Fsp3) is 0.111. The molecule has 0 aliphatic carbocycles. The van der Waals surface area contributed by atoms with Crippen LogP contribution in [0.3, 0.4) is 0 Å². The predicted octanol–water partition coefficient (Wildman–Crippen LogP) is 2.13. The highest BCUT2D eigenvalue weighted by Crippen LogP contribution is 2.19. The molecule has 0 aliphatic heterocycles. The molecule has 8 heteroatoms. The molecule has 0 saturated carbocycles. The average molecular weight is 354 g/mol. The Balaban J connectivity index is 1.78. The zero-order valence-corrected chi connectivity index (χ0v) is 13.8. The van der Waals surface area contributed by atoms with Crippen molar-refractivity contribution in [3.8, 4) is 0 Å². The van der Waals surface area contributed by atoms with E-state index in [2.05, 4.69) is 15.6 Å². The molecule has 0 unspecified atom stereocenters. The van der Waals surface area contributed by atoms with Crippen molar-refractivity contribution in [3.63, 3.8) is 0 Å². The highest BCUT2D eigenvalue weighted by molar-refractivity contribution is 5.93. The normalized spacial score (nSPS) is 10.5. The third-order valence-electron chi connectivity index (χ3n) is 3.61. The van der Waals surface area contributed by atoms with Gasteiger partial charge in [-0.3, -0.25) is 19.0 Å². The van der Waals surface area contributed by atoms with Gasteiger partial charge in [-0.25, -0.2) is 9.37 Å². The molecule has 1 aromatic heterocycles. The van der Waals surface area contributed by atoms with Gasteiger partial charge in [0.25, 0.3) is 5.56 Å². The Hall–Kier alpha value is -3.55. The number of carbonyl (C=O) groups is 2. The first-order valence-corrected chi connectivity index (χ1v) is 7.75. The molecule has 2 N–H and O–H groups in total. The zero-order chi connectivity index (χ0) is 18.7. The average Bonchev–Trinajstić information content (AvgIpc) is 2.60. The van der Waals surface area contributed by atoms with Crippen molar-refractivity contribution < 1.29 is 14.0 Å². The monoisotopic (exact) mass is 354 g/mol. The molecule has 3 aromatic rings. The topological polar surface area (TPSA) is 93.1 Å². The number of nitrogens with zero attached hydrogens (tertiary/aromatic N) is 2. The van der Waals surface area contributed by atoms with Crippen molar-refractivity contribution in [1.82, 2.24) is 9.55 Å². The van der Waals surface area contributed by atoms with Crippen molar-refractivity contribution in [3.05, 3.63) is 65.0 Å². The van der Waals surface area contributed by atoms with E-state index in [9.17, 15) is 18.8 Å². The lowest BCUT2D eigenvalue weighted by molar-refractivity contribution is -0.117.